The molecule has 19 heavy (non-hydrogen) atoms. The van der Waals surface area contributed by atoms with Crippen molar-refractivity contribution in [2.24, 2.45) is 0 Å². The third kappa shape index (κ3) is 2.19. The lowest BCUT2D eigenvalue weighted by Gasteiger charge is -2.22. The number of nitrogens with zero attached hydrogens (tertiary/aromatic N) is 1. The van der Waals surface area contributed by atoms with Gasteiger partial charge in [-0.1, -0.05) is 12.1 Å². The van der Waals surface area contributed by atoms with Gasteiger partial charge in [0.05, 0.1) is 11.4 Å². The number of aryl methyl sites for hydroxylation is 3. The quantitative estimate of drug-likeness (QED) is 0.823. The zero-order valence-electron chi connectivity index (χ0n) is 11.6. The Morgan fingerprint density at radius 3 is 2.58 bits per heavy atom. The maximum absolute atomic E-state index is 6.13. The monoisotopic (exact) mass is 252 g/mol. The molecule has 0 saturated heterocycles. The lowest BCUT2D eigenvalue weighted by Crippen LogP contribution is -2.12. The number of hydrogen-bond donors (Lipinski definition) is 1. The van der Waals surface area contributed by atoms with Crippen molar-refractivity contribution in [3.8, 4) is 0 Å². The molecule has 2 nitrogen and oxygen atoms in total. The molecule has 3 rings (SSSR count). The van der Waals surface area contributed by atoms with Crippen LogP contribution in [-0.2, 0) is 12.8 Å². The van der Waals surface area contributed by atoms with Gasteiger partial charge in [-0.25, -0.2) is 0 Å². The van der Waals surface area contributed by atoms with Crippen molar-refractivity contribution in [2.45, 2.75) is 26.2 Å². The molecule has 0 spiro atoms. The predicted octanol–water partition coefficient (Wildman–Crippen LogP) is 3.83. The Balaban J connectivity index is 1.97. The van der Waals surface area contributed by atoms with E-state index in [0.717, 1.165) is 11.4 Å². The SMILES string of the molecule is Cc1ccc(N(C)c2ccc3c(c2)CCC3)c(N)c1. The van der Waals surface area contributed by atoms with Crippen LogP contribution in [0.2, 0.25) is 0 Å². The first kappa shape index (κ1) is 12.1. The Hall–Kier alpha value is -1.96. The first-order valence-electron chi connectivity index (χ1n) is 6.87. The van der Waals surface area contributed by atoms with Crippen LogP contribution in [0.15, 0.2) is 36.4 Å². The summed E-state index contributed by atoms with van der Waals surface area (Å²) >= 11 is 0. The van der Waals surface area contributed by atoms with Gasteiger partial charge < -0.3 is 10.6 Å². The highest BCUT2D eigenvalue weighted by molar-refractivity contribution is 5.75. The van der Waals surface area contributed by atoms with Gasteiger partial charge in [0, 0.05) is 12.7 Å². The summed E-state index contributed by atoms with van der Waals surface area (Å²) < 4.78 is 0. The molecule has 2 aromatic rings. The van der Waals surface area contributed by atoms with Crippen molar-refractivity contribution in [3.63, 3.8) is 0 Å². The van der Waals surface area contributed by atoms with Crippen molar-refractivity contribution in [2.75, 3.05) is 17.7 Å². The number of rotatable bonds is 2. The third-order valence-corrected chi connectivity index (χ3v) is 4.01. The van der Waals surface area contributed by atoms with E-state index in [9.17, 15) is 0 Å². The van der Waals surface area contributed by atoms with Crippen molar-refractivity contribution in [3.05, 3.63) is 53.1 Å². The highest BCUT2D eigenvalue weighted by Crippen LogP contribution is 2.32. The zero-order chi connectivity index (χ0) is 13.4. The summed E-state index contributed by atoms with van der Waals surface area (Å²) in [5.41, 5.74) is 13.5. The molecule has 0 aliphatic heterocycles. The zero-order valence-corrected chi connectivity index (χ0v) is 11.6. The van der Waals surface area contributed by atoms with Gasteiger partial charge in [0.25, 0.3) is 0 Å². The average molecular weight is 252 g/mol. The van der Waals surface area contributed by atoms with E-state index < -0.39 is 0 Å². The molecule has 0 unspecified atom stereocenters. The smallest absolute Gasteiger partial charge is 0.0641 e. The molecule has 0 heterocycles. The van der Waals surface area contributed by atoms with Gasteiger partial charge in [-0.2, -0.15) is 0 Å². The minimum Gasteiger partial charge on any atom is -0.397 e. The van der Waals surface area contributed by atoms with Crippen LogP contribution in [0.3, 0.4) is 0 Å². The van der Waals surface area contributed by atoms with E-state index in [-0.39, 0.29) is 0 Å². The molecule has 0 fully saturated rings. The van der Waals surface area contributed by atoms with Gasteiger partial charge in [-0.05, 0) is 67.1 Å². The molecule has 0 bridgehead atoms. The first-order chi connectivity index (χ1) is 9.15. The van der Waals surface area contributed by atoms with Crippen molar-refractivity contribution < 1.29 is 0 Å². The Kier molecular flexibility index (Phi) is 2.94. The summed E-state index contributed by atoms with van der Waals surface area (Å²) in [6.07, 6.45) is 3.72. The summed E-state index contributed by atoms with van der Waals surface area (Å²) in [6, 6.07) is 13.0. The minimum absolute atomic E-state index is 0.836. The fraction of sp³-hybridized carbons (Fsp3) is 0.294. The summed E-state index contributed by atoms with van der Waals surface area (Å²) in [4.78, 5) is 2.17. The molecule has 2 heteroatoms. The molecule has 2 N–H and O–H groups in total. The number of benzene rings is 2. The standard InChI is InChI=1S/C17H20N2/c1-12-6-9-17(16(18)10-12)19(2)15-8-7-13-4-3-5-14(13)11-15/h6-11H,3-5,18H2,1-2H3. The molecule has 0 atom stereocenters. The van der Waals surface area contributed by atoms with E-state index in [4.69, 9.17) is 5.73 Å². The number of fused-ring (bicyclic) bond motifs is 1. The fourth-order valence-electron chi connectivity index (χ4n) is 2.89. The van der Waals surface area contributed by atoms with Crippen molar-refractivity contribution >= 4 is 17.1 Å². The van der Waals surface area contributed by atoms with Crippen LogP contribution in [0.1, 0.15) is 23.1 Å². The van der Waals surface area contributed by atoms with Gasteiger partial charge in [0.15, 0.2) is 0 Å². The molecule has 0 amide bonds. The van der Waals surface area contributed by atoms with E-state index >= 15 is 0 Å². The lowest BCUT2D eigenvalue weighted by atomic mass is 10.1. The average Bonchev–Trinajstić information content (AvgIpc) is 2.85. The van der Waals surface area contributed by atoms with E-state index in [0.29, 0.717) is 0 Å². The summed E-state index contributed by atoms with van der Waals surface area (Å²) in [7, 11) is 2.08. The molecule has 98 valence electrons. The maximum atomic E-state index is 6.13. The normalized spacial score (nSPS) is 13.4. The van der Waals surface area contributed by atoms with Crippen molar-refractivity contribution in [1.82, 2.24) is 0 Å². The number of anilines is 3. The highest BCUT2D eigenvalue weighted by Gasteiger charge is 2.13. The Morgan fingerprint density at radius 2 is 1.79 bits per heavy atom. The maximum Gasteiger partial charge on any atom is 0.0641 e. The van der Waals surface area contributed by atoms with Crippen LogP contribution in [0.25, 0.3) is 0 Å². The summed E-state index contributed by atoms with van der Waals surface area (Å²) in [5.74, 6) is 0. The van der Waals surface area contributed by atoms with Gasteiger partial charge in [-0.15, -0.1) is 0 Å². The van der Waals surface area contributed by atoms with Crippen LogP contribution in [0.4, 0.5) is 17.1 Å². The molecule has 1 aliphatic rings. The van der Waals surface area contributed by atoms with E-state index in [2.05, 4.69) is 49.2 Å². The molecular weight excluding hydrogens is 232 g/mol. The van der Waals surface area contributed by atoms with Crippen LogP contribution in [0, 0.1) is 6.92 Å². The van der Waals surface area contributed by atoms with Gasteiger partial charge in [-0.3, -0.25) is 0 Å². The minimum atomic E-state index is 0.836. The van der Waals surface area contributed by atoms with Gasteiger partial charge >= 0.3 is 0 Å². The highest BCUT2D eigenvalue weighted by atomic mass is 15.1. The molecule has 0 saturated carbocycles. The van der Waals surface area contributed by atoms with Crippen LogP contribution < -0.4 is 10.6 Å². The Labute approximate surface area is 114 Å². The first-order valence-corrected chi connectivity index (χ1v) is 6.87. The molecular formula is C17H20N2. The molecule has 0 aromatic heterocycles. The largest absolute Gasteiger partial charge is 0.397 e. The lowest BCUT2D eigenvalue weighted by molar-refractivity contribution is 0.911. The van der Waals surface area contributed by atoms with Crippen LogP contribution in [-0.4, -0.2) is 7.05 Å². The van der Waals surface area contributed by atoms with Crippen LogP contribution in [0.5, 0.6) is 0 Å². The number of hydrogen-bond acceptors (Lipinski definition) is 2. The molecule has 1 aliphatic carbocycles. The predicted molar refractivity (Wildman–Crippen MR) is 82.1 cm³/mol. The third-order valence-electron chi connectivity index (χ3n) is 4.01. The number of nitrogen functional groups attached to an aromatic ring is 1. The van der Waals surface area contributed by atoms with E-state index in [1.807, 2.05) is 6.07 Å². The van der Waals surface area contributed by atoms with E-state index in [1.165, 1.54) is 41.6 Å². The summed E-state index contributed by atoms with van der Waals surface area (Å²) in [6.45, 7) is 2.07. The van der Waals surface area contributed by atoms with Gasteiger partial charge in [0.2, 0.25) is 0 Å². The Morgan fingerprint density at radius 1 is 1.00 bits per heavy atom. The Bertz CT molecular complexity index is 617. The fourth-order valence-corrected chi connectivity index (χ4v) is 2.89. The topological polar surface area (TPSA) is 29.3 Å². The van der Waals surface area contributed by atoms with Crippen LogP contribution >= 0.6 is 0 Å². The van der Waals surface area contributed by atoms with Gasteiger partial charge in [0.1, 0.15) is 0 Å². The molecule has 2 aromatic carbocycles. The van der Waals surface area contributed by atoms with Crippen molar-refractivity contribution in [1.29, 1.82) is 0 Å². The van der Waals surface area contributed by atoms with E-state index in [1.54, 1.807) is 0 Å². The second-order valence-electron chi connectivity index (χ2n) is 5.43. The second-order valence-corrected chi connectivity index (χ2v) is 5.43. The second kappa shape index (κ2) is 4.61. The summed E-state index contributed by atoms with van der Waals surface area (Å²) in [5, 5.41) is 0. The molecule has 0 radical (unpaired) electrons. The number of nitrogens with two attached hydrogens (primary N) is 1.